The lowest BCUT2D eigenvalue weighted by Gasteiger charge is -2.17. The molecule has 1 aliphatic rings. The minimum Gasteiger partial charge on any atom is -0.368 e. The molecule has 5 heteroatoms. The Bertz CT molecular complexity index is 279. The molecule has 1 aromatic heterocycles. The number of aryl methyl sites for hydroxylation is 1. The number of anilines is 2. The molecular formula is C9H17N5. The lowest BCUT2D eigenvalue weighted by Crippen LogP contribution is -2.25. The van der Waals surface area contributed by atoms with Crippen molar-refractivity contribution in [3.63, 3.8) is 0 Å². The molecule has 2 N–H and O–H groups in total. The third-order valence-corrected chi connectivity index (χ3v) is 2.67. The Morgan fingerprint density at radius 3 is 2.29 bits per heavy atom. The molecule has 0 aromatic carbocycles. The fraction of sp³-hybridized carbons (Fsp3) is 0.778. The Kier molecular flexibility index (Phi) is 2.56. The van der Waals surface area contributed by atoms with Gasteiger partial charge in [0.1, 0.15) is 0 Å². The summed E-state index contributed by atoms with van der Waals surface area (Å²) in [6, 6.07) is 0. The van der Waals surface area contributed by atoms with Gasteiger partial charge < -0.3 is 10.6 Å². The zero-order valence-electron chi connectivity index (χ0n) is 8.61. The van der Waals surface area contributed by atoms with Gasteiger partial charge in [-0.15, -0.1) is 5.10 Å². The second kappa shape index (κ2) is 3.86. The highest BCUT2D eigenvalue weighted by molar-refractivity contribution is 5.34. The normalized spacial score (nSPS) is 18.2. The van der Waals surface area contributed by atoms with Gasteiger partial charge in [0.2, 0.25) is 11.9 Å². The van der Waals surface area contributed by atoms with E-state index in [9.17, 15) is 0 Å². The fourth-order valence-electron chi connectivity index (χ4n) is 1.79. The standard InChI is InChI=1S/C9H17N5/c1-13-8(10)11-9(12-13)14-6-4-2-3-5-7-14/h2-7H2,1H3,(H2,10,11,12). The number of nitrogens with zero attached hydrogens (tertiary/aromatic N) is 4. The summed E-state index contributed by atoms with van der Waals surface area (Å²) in [6.07, 6.45) is 5.11. The highest BCUT2D eigenvalue weighted by Gasteiger charge is 2.14. The first-order valence-corrected chi connectivity index (χ1v) is 5.19. The first-order chi connectivity index (χ1) is 6.77. The average Bonchev–Trinajstić information content (AvgIpc) is 2.46. The molecule has 0 bridgehead atoms. The Hall–Kier alpha value is -1.26. The van der Waals surface area contributed by atoms with Crippen molar-refractivity contribution in [3.05, 3.63) is 0 Å². The molecule has 0 saturated carbocycles. The van der Waals surface area contributed by atoms with Gasteiger partial charge >= 0.3 is 0 Å². The first kappa shape index (κ1) is 9.30. The third kappa shape index (κ3) is 1.81. The van der Waals surface area contributed by atoms with Crippen molar-refractivity contribution in [1.82, 2.24) is 14.8 Å². The second-order valence-corrected chi connectivity index (χ2v) is 3.79. The zero-order chi connectivity index (χ0) is 9.97. The predicted molar refractivity (Wildman–Crippen MR) is 56.1 cm³/mol. The molecule has 5 nitrogen and oxygen atoms in total. The van der Waals surface area contributed by atoms with Crippen molar-refractivity contribution in [2.75, 3.05) is 23.7 Å². The largest absolute Gasteiger partial charge is 0.368 e. The highest BCUT2D eigenvalue weighted by atomic mass is 15.4. The van der Waals surface area contributed by atoms with Crippen molar-refractivity contribution >= 4 is 11.9 Å². The molecule has 14 heavy (non-hydrogen) atoms. The summed E-state index contributed by atoms with van der Waals surface area (Å²) in [5.74, 6) is 1.27. The highest BCUT2D eigenvalue weighted by Crippen LogP contribution is 2.16. The summed E-state index contributed by atoms with van der Waals surface area (Å²) < 4.78 is 1.63. The van der Waals surface area contributed by atoms with E-state index >= 15 is 0 Å². The Morgan fingerprint density at radius 1 is 1.14 bits per heavy atom. The molecule has 2 heterocycles. The summed E-state index contributed by atoms with van der Waals surface area (Å²) in [4.78, 5) is 6.46. The molecule has 0 aliphatic carbocycles. The van der Waals surface area contributed by atoms with E-state index in [0.717, 1.165) is 19.0 Å². The smallest absolute Gasteiger partial charge is 0.246 e. The van der Waals surface area contributed by atoms with Gasteiger partial charge in [-0.2, -0.15) is 4.98 Å². The topological polar surface area (TPSA) is 60.0 Å². The lowest BCUT2D eigenvalue weighted by molar-refractivity contribution is 0.726. The van der Waals surface area contributed by atoms with E-state index in [4.69, 9.17) is 5.73 Å². The summed E-state index contributed by atoms with van der Waals surface area (Å²) in [5.41, 5.74) is 5.65. The van der Waals surface area contributed by atoms with Crippen LogP contribution in [0.4, 0.5) is 11.9 Å². The van der Waals surface area contributed by atoms with Crippen LogP contribution in [0.3, 0.4) is 0 Å². The van der Waals surface area contributed by atoms with E-state index < -0.39 is 0 Å². The number of hydrogen-bond acceptors (Lipinski definition) is 4. The van der Waals surface area contributed by atoms with Crippen LogP contribution in [-0.2, 0) is 7.05 Å². The average molecular weight is 195 g/mol. The second-order valence-electron chi connectivity index (χ2n) is 3.79. The number of nitrogens with two attached hydrogens (primary N) is 1. The summed E-state index contributed by atoms with van der Waals surface area (Å²) in [6.45, 7) is 2.12. The van der Waals surface area contributed by atoms with Crippen LogP contribution in [0.25, 0.3) is 0 Å². The molecule has 0 unspecified atom stereocenters. The monoisotopic (exact) mass is 195 g/mol. The molecule has 1 aromatic rings. The van der Waals surface area contributed by atoms with Crippen LogP contribution < -0.4 is 10.6 Å². The molecule has 0 atom stereocenters. The Morgan fingerprint density at radius 2 is 1.79 bits per heavy atom. The third-order valence-electron chi connectivity index (χ3n) is 2.67. The van der Waals surface area contributed by atoms with Crippen molar-refractivity contribution in [2.45, 2.75) is 25.7 Å². The first-order valence-electron chi connectivity index (χ1n) is 5.19. The predicted octanol–water partition coefficient (Wildman–Crippen LogP) is 0.778. The summed E-state index contributed by atoms with van der Waals surface area (Å²) in [5, 5.41) is 4.28. The SMILES string of the molecule is Cn1nc(N2CCCCCC2)nc1N. The Balaban J connectivity index is 2.12. The van der Waals surface area contributed by atoms with Gasteiger partial charge in [0.05, 0.1) is 0 Å². The van der Waals surface area contributed by atoms with Gasteiger partial charge in [0.15, 0.2) is 0 Å². The van der Waals surface area contributed by atoms with Crippen LogP contribution in [0.15, 0.2) is 0 Å². The minimum atomic E-state index is 0.490. The maximum Gasteiger partial charge on any atom is 0.246 e. The van der Waals surface area contributed by atoms with Gasteiger partial charge in [0.25, 0.3) is 0 Å². The maximum absolute atomic E-state index is 5.65. The quantitative estimate of drug-likeness (QED) is 0.719. The molecular weight excluding hydrogens is 178 g/mol. The van der Waals surface area contributed by atoms with Crippen molar-refractivity contribution in [3.8, 4) is 0 Å². The minimum absolute atomic E-state index is 0.490. The number of nitrogen functional groups attached to an aromatic ring is 1. The van der Waals surface area contributed by atoms with Gasteiger partial charge in [-0.25, -0.2) is 4.68 Å². The number of aromatic nitrogens is 3. The van der Waals surface area contributed by atoms with Crippen LogP contribution in [0.5, 0.6) is 0 Å². The molecule has 0 radical (unpaired) electrons. The van der Waals surface area contributed by atoms with Crippen molar-refractivity contribution in [2.24, 2.45) is 7.05 Å². The molecule has 0 spiro atoms. The van der Waals surface area contributed by atoms with Gasteiger partial charge in [-0.05, 0) is 12.8 Å². The van der Waals surface area contributed by atoms with Gasteiger partial charge in [-0.3, -0.25) is 0 Å². The van der Waals surface area contributed by atoms with Gasteiger partial charge in [-0.1, -0.05) is 12.8 Å². The lowest BCUT2D eigenvalue weighted by atomic mass is 10.2. The van der Waals surface area contributed by atoms with E-state index in [1.54, 1.807) is 4.68 Å². The zero-order valence-corrected chi connectivity index (χ0v) is 8.61. The number of hydrogen-bond donors (Lipinski definition) is 1. The van der Waals surface area contributed by atoms with Crippen molar-refractivity contribution in [1.29, 1.82) is 0 Å². The van der Waals surface area contributed by atoms with E-state index in [0.29, 0.717) is 5.95 Å². The molecule has 1 aliphatic heterocycles. The number of rotatable bonds is 1. The van der Waals surface area contributed by atoms with Crippen LogP contribution >= 0.6 is 0 Å². The van der Waals surface area contributed by atoms with Gasteiger partial charge in [0, 0.05) is 20.1 Å². The van der Waals surface area contributed by atoms with Crippen LogP contribution in [-0.4, -0.2) is 27.9 Å². The fourth-order valence-corrected chi connectivity index (χ4v) is 1.79. The van der Waals surface area contributed by atoms with E-state index in [1.165, 1.54) is 25.7 Å². The summed E-state index contributed by atoms with van der Waals surface area (Å²) in [7, 11) is 1.82. The van der Waals surface area contributed by atoms with Crippen LogP contribution in [0.1, 0.15) is 25.7 Å². The maximum atomic E-state index is 5.65. The van der Waals surface area contributed by atoms with E-state index in [2.05, 4.69) is 15.0 Å². The molecule has 78 valence electrons. The Labute approximate surface area is 83.9 Å². The van der Waals surface area contributed by atoms with Crippen LogP contribution in [0, 0.1) is 0 Å². The van der Waals surface area contributed by atoms with Crippen LogP contribution in [0.2, 0.25) is 0 Å². The molecule has 2 rings (SSSR count). The molecule has 1 fully saturated rings. The summed E-state index contributed by atoms with van der Waals surface area (Å²) >= 11 is 0. The molecule has 0 amide bonds. The van der Waals surface area contributed by atoms with E-state index in [1.807, 2.05) is 7.05 Å². The molecule has 1 saturated heterocycles. The van der Waals surface area contributed by atoms with E-state index in [-0.39, 0.29) is 0 Å². The van der Waals surface area contributed by atoms with Crippen molar-refractivity contribution < 1.29 is 0 Å².